The highest BCUT2D eigenvalue weighted by Gasteiger charge is 2.26. The molecule has 1 aromatic heterocycles. The summed E-state index contributed by atoms with van der Waals surface area (Å²) in [6.45, 7) is 0.261. The Kier molecular flexibility index (Phi) is 3.64. The summed E-state index contributed by atoms with van der Waals surface area (Å²) in [5, 5.41) is 0.478. The third-order valence-corrected chi connectivity index (χ3v) is 3.53. The zero-order chi connectivity index (χ0) is 14.8. The highest BCUT2D eigenvalue weighted by molar-refractivity contribution is 6.31. The van der Waals surface area contributed by atoms with Gasteiger partial charge < -0.3 is 10.2 Å². The molecule has 108 valence electrons. The predicted molar refractivity (Wildman–Crippen MR) is 80.2 cm³/mol. The quantitative estimate of drug-likeness (QED) is 0.669. The zero-order valence-electron chi connectivity index (χ0n) is 11.0. The van der Waals surface area contributed by atoms with Crippen LogP contribution in [0.15, 0.2) is 36.4 Å². The predicted octanol–water partition coefficient (Wildman–Crippen LogP) is 1.95. The first-order valence-corrected chi connectivity index (χ1v) is 6.71. The maximum Gasteiger partial charge on any atom is 0.265 e. The summed E-state index contributed by atoms with van der Waals surface area (Å²) in [6.07, 6.45) is 0. The largest absolute Gasteiger partial charge is 0.482 e. The van der Waals surface area contributed by atoms with Crippen LogP contribution in [0.2, 0.25) is 5.02 Å². The number of ether oxygens (including phenoxy) is 1. The minimum absolute atomic E-state index is 0.00343. The Bertz CT molecular complexity index is 692. The number of amides is 1. The van der Waals surface area contributed by atoms with E-state index < -0.39 is 0 Å². The topological polar surface area (TPSA) is 80.5 Å². The Morgan fingerprint density at radius 1 is 1.33 bits per heavy atom. The highest BCUT2D eigenvalue weighted by Crippen LogP contribution is 2.33. The van der Waals surface area contributed by atoms with Gasteiger partial charge in [-0.15, -0.1) is 0 Å². The van der Waals surface area contributed by atoms with Gasteiger partial charge in [0.25, 0.3) is 5.91 Å². The molecule has 3 rings (SSSR count). The molecule has 0 saturated carbocycles. The minimum Gasteiger partial charge on any atom is -0.482 e. The molecule has 21 heavy (non-hydrogen) atoms. The molecule has 0 radical (unpaired) electrons. The summed E-state index contributed by atoms with van der Waals surface area (Å²) >= 11 is 6.15. The van der Waals surface area contributed by atoms with E-state index in [0.717, 1.165) is 0 Å². The second kappa shape index (κ2) is 5.59. The number of nitrogens with one attached hydrogen (secondary N) is 1. The normalized spacial score (nSPS) is 13.6. The second-order valence-electron chi connectivity index (χ2n) is 4.51. The summed E-state index contributed by atoms with van der Waals surface area (Å²) in [7, 11) is 0. The van der Waals surface area contributed by atoms with E-state index in [1.54, 1.807) is 17.0 Å². The van der Waals surface area contributed by atoms with Crippen molar-refractivity contribution in [3.8, 4) is 5.75 Å². The molecule has 7 heteroatoms. The van der Waals surface area contributed by atoms with Crippen molar-refractivity contribution < 1.29 is 9.53 Å². The molecular formula is C14H13ClN4O2. The first kappa shape index (κ1) is 13.7. The molecule has 1 aromatic carbocycles. The van der Waals surface area contributed by atoms with Gasteiger partial charge in [-0.05, 0) is 24.3 Å². The molecule has 0 saturated heterocycles. The van der Waals surface area contributed by atoms with Gasteiger partial charge in [0.1, 0.15) is 11.6 Å². The molecule has 0 spiro atoms. The van der Waals surface area contributed by atoms with Crippen LogP contribution in [0.1, 0.15) is 5.69 Å². The van der Waals surface area contributed by atoms with Gasteiger partial charge in [0.15, 0.2) is 6.61 Å². The molecule has 1 aliphatic heterocycles. The van der Waals surface area contributed by atoms with Crippen LogP contribution in [0.4, 0.5) is 11.5 Å². The molecule has 0 unspecified atom stereocenters. The molecule has 0 aliphatic carbocycles. The molecule has 2 aromatic rings. The van der Waals surface area contributed by atoms with Gasteiger partial charge in [-0.25, -0.2) is 10.8 Å². The number of anilines is 2. The fraction of sp³-hybridized carbons (Fsp3) is 0.143. The smallest absolute Gasteiger partial charge is 0.265 e. The van der Waals surface area contributed by atoms with E-state index in [0.29, 0.717) is 28.0 Å². The van der Waals surface area contributed by atoms with Crippen molar-refractivity contribution in [2.75, 3.05) is 16.9 Å². The Morgan fingerprint density at radius 3 is 2.95 bits per heavy atom. The van der Waals surface area contributed by atoms with E-state index >= 15 is 0 Å². The average Bonchev–Trinajstić information content (AvgIpc) is 2.52. The number of hydrazine groups is 1. The molecule has 0 atom stereocenters. The van der Waals surface area contributed by atoms with Gasteiger partial charge in [-0.2, -0.15) is 0 Å². The number of hydrogen-bond donors (Lipinski definition) is 2. The number of halogens is 1. The number of pyridine rings is 1. The van der Waals surface area contributed by atoms with Crippen LogP contribution in [0.5, 0.6) is 5.75 Å². The molecule has 1 amide bonds. The van der Waals surface area contributed by atoms with E-state index in [2.05, 4.69) is 10.4 Å². The summed E-state index contributed by atoms with van der Waals surface area (Å²) in [4.78, 5) is 18.0. The van der Waals surface area contributed by atoms with Gasteiger partial charge in [0, 0.05) is 0 Å². The number of nitrogen functional groups attached to an aromatic ring is 1. The number of fused-ring (bicyclic) bond motifs is 1. The number of carbonyl (C=O) groups is 1. The third-order valence-electron chi connectivity index (χ3n) is 3.18. The monoisotopic (exact) mass is 304 g/mol. The number of nitrogens with two attached hydrogens (primary N) is 1. The fourth-order valence-corrected chi connectivity index (χ4v) is 2.32. The maximum atomic E-state index is 12.1. The third kappa shape index (κ3) is 2.63. The molecule has 1 aliphatic rings. The van der Waals surface area contributed by atoms with Crippen molar-refractivity contribution in [2.24, 2.45) is 5.84 Å². The first-order chi connectivity index (χ1) is 10.2. The summed E-state index contributed by atoms with van der Waals surface area (Å²) in [6, 6.07) is 10.7. The van der Waals surface area contributed by atoms with Gasteiger partial charge >= 0.3 is 0 Å². The first-order valence-electron chi connectivity index (χ1n) is 6.33. The fourth-order valence-electron chi connectivity index (χ4n) is 2.15. The van der Waals surface area contributed by atoms with Crippen molar-refractivity contribution in [3.63, 3.8) is 0 Å². The number of nitrogens with zero attached hydrogens (tertiary/aromatic N) is 2. The Morgan fingerprint density at radius 2 is 2.14 bits per heavy atom. The van der Waals surface area contributed by atoms with E-state index in [1.165, 1.54) is 0 Å². The molecule has 2 heterocycles. The number of benzene rings is 1. The van der Waals surface area contributed by atoms with Crippen molar-refractivity contribution in [2.45, 2.75) is 6.54 Å². The van der Waals surface area contributed by atoms with Gasteiger partial charge in [0.05, 0.1) is 22.9 Å². The second-order valence-corrected chi connectivity index (χ2v) is 4.91. The van der Waals surface area contributed by atoms with Crippen molar-refractivity contribution in [1.82, 2.24) is 4.98 Å². The van der Waals surface area contributed by atoms with Crippen molar-refractivity contribution in [1.29, 1.82) is 0 Å². The number of rotatable bonds is 3. The van der Waals surface area contributed by atoms with Crippen LogP contribution >= 0.6 is 11.6 Å². The van der Waals surface area contributed by atoms with Crippen LogP contribution in [-0.4, -0.2) is 17.5 Å². The maximum absolute atomic E-state index is 12.1. The molecular weight excluding hydrogens is 292 g/mol. The lowest BCUT2D eigenvalue weighted by Gasteiger charge is -2.29. The molecule has 6 nitrogen and oxygen atoms in total. The minimum atomic E-state index is -0.141. The summed E-state index contributed by atoms with van der Waals surface area (Å²) < 4.78 is 5.40. The summed E-state index contributed by atoms with van der Waals surface area (Å²) in [5.74, 6) is 6.37. The summed E-state index contributed by atoms with van der Waals surface area (Å²) in [5.41, 5.74) is 3.74. The Labute approximate surface area is 126 Å². The van der Waals surface area contributed by atoms with Crippen LogP contribution in [0.3, 0.4) is 0 Å². The van der Waals surface area contributed by atoms with E-state index in [1.807, 2.05) is 24.3 Å². The van der Waals surface area contributed by atoms with E-state index in [4.69, 9.17) is 22.2 Å². The van der Waals surface area contributed by atoms with Gasteiger partial charge in [0.2, 0.25) is 0 Å². The van der Waals surface area contributed by atoms with E-state index in [9.17, 15) is 4.79 Å². The lowest BCUT2D eigenvalue weighted by Crippen LogP contribution is -2.38. The number of hydrogen-bond acceptors (Lipinski definition) is 5. The van der Waals surface area contributed by atoms with Crippen molar-refractivity contribution in [3.05, 3.63) is 47.1 Å². The number of para-hydroxylation sites is 2. The molecule has 0 bridgehead atoms. The molecule has 3 N–H and O–H groups in total. The Balaban J connectivity index is 1.96. The zero-order valence-corrected chi connectivity index (χ0v) is 11.8. The van der Waals surface area contributed by atoms with Crippen LogP contribution in [0.25, 0.3) is 0 Å². The number of aromatic nitrogens is 1. The average molecular weight is 305 g/mol. The lowest BCUT2D eigenvalue weighted by atomic mass is 10.2. The van der Waals surface area contributed by atoms with Crippen LogP contribution < -0.4 is 20.9 Å². The Hall–Kier alpha value is -2.31. The lowest BCUT2D eigenvalue weighted by molar-refractivity contribution is -0.121. The van der Waals surface area contributed by atoms with Crippen molar-refractivity contribution >= 4 is 29.0 Å². The van der Waals surface area contributed by atoms with E-state index in [-0.39, 0.29) is 19.1 Å². The standard InChI is InChI=1S/C14H13ClN4O2/c15-9-5-6-13(18-16)17-10(9)7-19-11-3-1-2-4-12(11)21-8-14(19)20/h1-6H,7-8,16H2,(H,17,18). The SMILES string of the molecule is NNc1ccc(Cl)c(CN2C(=O)COc3ccccc32)n1. The van der Waals surface area contributed by atoms with Gasteiger partial charge in [-0.3, -0.25) is 9.69 Å². The van der Waals surface area contributed by atoms with Crippen LogP contribution in [-0.2, 0) is 11.3 Å². The van der Waals surface area contributed by atoms with Crippen LogP contribution in [0, 0.1) is 0 Å². The number of carbonyl (C=O) groups excluding carboxylic acids is 1. The van der Waals surface area contributed by atoms with Gasteiger partial charge in [-0.1, -0.05) is 23.7 Å². The highest BCUT2D eigenvalue weighted by atomic mass is 35.5. The molecule has 0 fully saturated rings.